The summed E-state index contributed by atoms with van der Waals surface area (Å²) in [4.78, 5) is 22.8. The second kappa shape index (κ2) is 11.6. The lowest BCUT2D eigenvalue weighted by atomic mass is 10.2. The molecule has 1 aliphatic heterocycles. The molecule has 192 valence electrons. The number of methoxy groups -OCH3 is 1. The molecule has 7 nitrogen and oxygen atoms in total. The van der Waals surface area contributed by atoms with Crippen LogP contribution in [-0.4, -0.2) is 58.5 Å². The zero-order chi connectivity index (χ0) is 25.6. The normalized spacial score (nSPS) is 14.6. The summed E-state index contributed by atoms with van der Waals surface area (Å²) in [6, 6.07) is 23.8. The highest BCUT2D eigenvalue weighted by Crippen LogP contribution is 2.23. The van der Waals surface area contributed by atoms with E-state index >= 15 is 0 Å². The first-order valence-electron chi connectivity index (χ1n) is 13.1. The van der Waals surface area contributed by atoms with Crippen molar-refractivity contribution >= 4 is 22.6 Å². The molecule has 1 N–H and O–H groups in total. The molecule has 3 aromatic carbocycles. The number of aromatic nitrogens is 2. The van der Waals surface area contributed by atoms with Crippen molar-refractivity contribution in [1.82, 2.24) is 19.4 Å². The van der Waals surface area contributed by atoms with Crippen molar-refractivity contribution in [2.24, 2.45) is 0 Å². The van der Waals surface area contributed by atoms with Crippen molar-refractivity contribution in [2.45, 2.75) is 33.0 Å². The molecular weight excluding hydrogens is 462 g/mol. The Morgan fingerprint density at radius 2 is 1.62 bits per heavy atom. The number of carbonyl (C=O) groups excluding carboxylic acids is 1. The van der Waals surface area contributed by atoms with Crippen LogP contribution in [0.3, 0.4) is 0 Å². The van der Waals surface area contributed by atoms with Gasteiger partial charge in [0, 0.05) is 50.5 Å². The van der Waals surface area contributed by atoms with Gasteiger partial charge in [-0.15, -0.1) is 0 Å². The summed E-state index contributed by atoms with van der Waals surface area (Å²) in [6.07, 6.45) is 1.04. The zero-order valence-electron chi connectivity index (χ0n) is 21.7. The van der Waals surface area contributed by atoms with Gasteiger partial charge in [-0.25, -0.2) is 4.98 Å². The van der Waals surface area contributed by atoms with Crippen molar-refractivity contribution in [2.75, 3.05) is 38.6 Å². The average molecular weight is 498 g/mol. The Balaban J connectivity index is 1.26. The van der Waals surface area contributed by atoms with E-state index < -0.39 is 0 Å². The number of nitrogens with one attached hydrogen (secondary N) is 1. The third-order valence-electron chi connectivity index (χ3n) is 6.96. The van der Waals surface area contributed by atoms with Crippen molar-refractivity contribution < 1.29 is 9.53 Å². The number of anilines is 1. The van der Waals surface area contributed by atoms with E-state index in [1.165, 1.54) is 5.56 Å². The highest BCUT2D eigenvalue weighted by atomic mass is 16.5. The Hall–Kier alpha value is -3.68. The summed E-state index contributed by atoms with van der Waals surface area (Å²) in [6.45, 7) is 9.15. The summed E-state index contributed by atoms with van der Waals surface area (Å²) in [5.74, 6) is 1.67. The number of imidazole rings is 1. The van der Waals surface area contributed by atoms with Crippen LogP contribution in [0.5, 0.6) is 5.75 Å². The topological polar surface area (TPSA) is 62.6 Å². The summed E-state index contributed by atoms with van der Waals surface area (Å²) in [7, 11) is 1.61. The van der Waals surface area contributed by atoms with Crippen LogP contribution < -0.4 is 10.1 Å². The number of fused-ring (bicyclic) bond motifs is 1. The molecule has 4 aromatic rings. The first-order valence-corrected chi connectivity index (χ1v) is 13.1. The summed E-state index contributed by atoms with van der Waals surface area (Å²) in [5, 5.41) is 3.01. The van der Waals surface area contributed by atoms with E-state index in [1.54, 1.807) is 31.4 Å². The van der Waals surface area contributed by atoms with E-state index in [9.17, 15) is 4.79 Å². The molecule has 5 rings (SSSR count). The fraction of sp³-hybridized carbons (Fsp3) is 0.333. The van der Waals surface area contributed by atoms with Gasteiger partial charge >= 0.3 is 0 Å². The standard InChI is InChI=1S/C30H35N5O2/c1-3-15-35-28-14-11-25(31-30(36)24-9-12-26(37-2)13-10-24)20-27(28)32-29(35)22-34-18-16-33(17-19-34)21-23-7-5-4-6-8-23/h4-14,20H,3,15-19,21-22H2,1-2H3,(H,31,36). The van der Waals surface area contributed by atoms with Crippen LogP contribution in [0.2, 0.25) is 0 Å². The number of nitrogens with zero attached hydrogens (tertiary/aromatic N) is 4. The van der Waals surface area contributed by atoms with E-state index in [0.29, 0.717) is 5.56 Å². The van der Waals surface area contributed by atoms with Crippen LogP contribution in [0.1, 0.15) is 35.1 Å². The number of carbonyl (C=O) groups is 1. The van der Waals surface area contributed by atoms with Gasteiger partial charge in [0.15, 0.2) is 0 Å². The molecule has 0 spiro atoms. The Labute approximate surface area is 218 Å². The molecule has 0 aliphatic carbocycles. The number of benzene rings is 3. The van der Waals surface area contributed by atoms with Crippen molar-refractivity contribution in [3.63, 3.8) is 0 Å². The van der Waals surface area contributed by atoms with E-state index in [2.05, 4.69) is 63.0 Å². The molecule has 1 fully saturated rings. The van der Waals surface area contributed by atoms with Gasteiger partial charge in [0.1, 0.15) is 11.6 Å². The molecule has 0 atom stereocenters. The Morgan fingerprint density at radius 1 is 0.919 bits per heavy atom. The third-order valence-corrected chi connectivity index (χ3v) is 6.96. The summed E-state index contributed by atoms with van der Waals surface area (Å²) >= 11 is 0. The number of rotatable bonds is 9. The molecule has 37 heavy (non-hydrogen) atoms. The number of piperazine rings is 1. The zero-order valence-corrected chi connectivity index (χ0v) is 21.7. The Bertz CT molecular complexity index is 1330. The van der Waals surface area contributed by atoms with Gasteiger partial charge in [-0.3, -0.25) is 14.6 Å². The van der Waals surface area contributed by atoms with Gasteiger partial charge in [0.25, 0.3) is 5.91 Å². The summed E-state index contributed by atoms with van der Waals surface area (Å²) in [5.41, 5.74) is 4.73. The van der Waals surface area contributed by atoms with Gasteiger partial charge in [0.05, 0.1) is 24.7 Å². The molecule has 7 heteroatoms. The lowest BCUT2D eigenvalue weighted by Gasteiger charge is -2.34. The van der Waals surface area contributed by atoms with Crippen LogP contribution in [0, 0.1) is 0 Å². The molecular formula is C30H35N5O2. The third kappa shape index (κ3) is 6.01. The predicted molar refractivity (Wildman–Crippen MR) is 148 cm³/mol. The highest BCUT2D eigenvalue weighted by molar-refractivity contribution is 6.05. The molecule has 1 aliphatic rings. The van der Waals surface area contributed by atoms with Crippen LogP contribution in [0.25, 0.3) is 11.0 Å². The maximum atomic E-state index is 12.7. The lowest BCUT2D eigenvalue weighted by Crippen LogP contribution is -2.45. The minimum Gasteiger partial charge on any atom is -0.497 e. The van der Waals surface area contributed by atoms with Gasteiger partial charge in [0.2, 0.25) is 0 Å². The van der Waals surface area contributed by atoms with E-state index in [4.69, 9.17) is 9.72 Å². The minimum atomic E-state index is -0.149. The maximum absolute atomic E-state index is 12.7. The van der Waals surface area contributed by atoms with Gasteiger partial charge in [-0.2, -0.15) is 0 Å². The van der Waals surface area contributed by atoms with E-state index in [1.807, 2.05) is 12.1 Å². The summed E-state index contributed by atoms with van der Waals surface area (Å²) < 4.78 is 7.52. The number of hydrogen-bond acceptors (Lipinski definition) is 5. The smallest absolute Gasteiger partial charge is 0.255 e. The SMILES string of the molecule is CCCn1c(CN2CCN(Cc3ccccc3)CC2)nc2cc(NC(=O)c3ccc(OC)cc3)ccc21. The predicted octanol–water partition coefficient (Wildman–Crippen LogP) is 5.03. The molecule has 0 unspecified atom stereocenters. The van der Waals surface area contributed by atoms with Crippen molar-refractivity contribution in [1.29, 1.82) is 0 Å². The number of ether oxygens (including phenoxy) is 1. The fourth-order valence-electron chi connectivity index (χ4n) is 4.94. The van der Waals surface area contributed by atoms with Crippen molar-refractivity contribution in [3.05, 3.63) is 89.7 Å². The number of hydrogen-bond donors (Lipinski definition) is 1. The number of aryl methyl sites for hydroxylation is 1. The van der Waals surface area contributed by atoms with Gasteiger partial charge in [-0.05, 0) is 54.4 Å². The lowest BCUT2D eigenvalue weighted by molar-refractivity contribution is 0.102. The van der Waals surface area contributed by atoms with Crippen LogP contribution in [0.15, 0.2) is 72.8 Å². The van der Waals surface area contributed by atoms with Crippen molar-refractivity contribution in [3.8, 4) is 5.75 Å². The molecule has 0 bridgehead atoms. The number of amides is 1. The molecule has 0 saturated carbocycles. The molecule has 1 saturated heterocycles. The van der Waals surface area contributed by atoms with Crippen LogP contribution >= 0.6 is 0 Å². The van der Waals surface area contributed by atoms with Gasteiger partial charge in [-0.1, -0.05) is 37.3 Å². The molecule has 0 radical (unpaired) electrons. The molecule has 1 aromatic heterocycles. The largest absolute Gasteiger partial charge is 0.497 e. The average Bonchev–Trinajstić information content (AvgIpc) is 3.26. The fourth-order valence-corrected chi connectivity index (χ4v) is 4.94. The van der Waals surface area contributed by atoms with Crippen LogP contribution in [-0.2, 0) is 19.6 Å². The Kier molecular flexibility index (Phi) is 7.82. The molecule has 1 amide bonds. The monoisotopic (exact) mass is 497 g/mol. The van der Waals surface area contributed by atoms with Gasteiger partial charge < -0.3 is 14.6 Å². The quantitative estimate of drug-likeness (QED) is 0.352. The first kappa shape index (κ1) is 25.0. The highest BCUT2D eigenvalue weighted by Gasteiger charge is 2.20. The molecule has 2 heterocycles. The van der Waals surface area contributed by atoms with E-state index in [-0.39, 0.29) is 5.91 Å². The van der Waals surface area contributed by atoms with Crippen LogP contribution in [0.4, 0.5) is 5.69 Å². The second-order valence-corrected chi connectivity index (χ2v) is 9.60. The van der Waals surface area contributed by atoms with E-state index in [0.717, 1.165) is 80.5 Å². The maximum Gasteiger partial charge on any atom is 0.255 e. The first-order chi connectivity index (χ1) is 18.1. The minimum absolute atomic E-state index is 0.149. The second-order valence-electron chi connectivity index (χ2n) is 9.60. The Morgan fingerprint density at radius 3 is 2.30 bits per heavy atom.